The van der Waals surface area contributed by atoms with Gasteiger partial charge >= 0.3 is 0 Å². The van der Waals surface area contributed by atoms with E-state index in [0.29, 0.717) is 42.9 Å². The standard InChI is InChI=1S/C26H27N5O3S/c1-15-6-7-18(14-21(15)35-3)31-24-19(23(28-31)25(27)33)10-12-29(26(24)34)17-8-9-20(16(2)13-17)30-11-4-5-22(30)32/h6-9,13-14H,4-5,10-12H2,1-3H3,(H2,27,33). The second-order valence-electron chi connectivity index (χ2n) is 8.93. The fourth-order valence-corrected chi connectivity index (χ4v) is 5.57. The largest absolute Gasteiger partial charge is 0.364 e. The number of anilines is 2. The van der Waals surface area contributed by atoms with Crippen LogP contribution in [0.15, 0.2) is 41.3 Å². The van der Waals surface area contributed by atoms with Gasteiger partial charge < -0.3 is 15.5 Å². The molecule has 180 valence electrons. The van der Waals surface area contributed by atoms with Crippen molar-refractivity contribution in [3.63, 3.8) is 0 Å². The molecule has 1 fully saturated rings. The predicted octanol–water partition coefficient (Wildman–Crippen LogP) is 3.64. The smallest absolute Gasteiger partial charge is 0.277 e. The van der Waals surface area contributed by atoms with Gasteiger partial charge in [0.1, 0.15) is 5.69 Å². The Hall–Kier alpha value is -3.59. The lowest BCUT2D eigenvalue weighted by Gasteiger charge is -2.29. The maximum atomic E-state index is 13.8. The molecule has 0 unspecified atom stereocenters. The summed E-state index contributed by atoms with van der Waals surface area (Å²) < 4.78 is 1.55. The van der Waals surface area contributed by atoms with Gasteiger partial charge in [-0.25, -0.2) is 4.68 Å². The van der Waals surface area contributed by atoms with Crippen molar-refractivity contribution in [2.45, 2.75) is 38.0 Å². The topological polar surface area (TPSA) is 102 Å². The van der Waals surface area contributed by atoms with Gasteiger partial charge in [0, 0.05) is 41.3 Å². The molecule has 0 atom stereocenters. The molecule has 3 heterocycles. The Kier molecular flexibility index (Phi) is 5.88. The highest BCUT2D eigenvalue weighted by Gasteiger charge is 2.35. The number of carbonyl (C=O) groups is 3. The molecule has 5 rings (SSSR count). The van der Waals surface area contributed by atoms with E-state index in [9.17, 15) is 14.4 Å². The van der Waals surface area contributed by atoms with Gasteiger partial charge in [-0.3, -0.25) is 14.4 Å². The summed E-state index contributed by atoms with van der Waals surface area (Å²) in [6, 6.07) is 11.6. The maximum absolute atomic E-state index is 13.8. The number of aryl methyl sites for hydroxylation is 2. The van der Waals surface area contributed by atoms with Crippen molar-refractivity contribution in [2.75, 3.05) is 29.1 Å². The molecule has 2 aliphatic rings. The summed E-state index contributed by atoms with van der Waals surface area (Å²) in [5.74, 6) is -0.749. The van der Waals surface area contributed by atoms with E-state index >= 15 is 0 Å². The Balaban J connectivity index is 1.56. The number of nitrogens with two attached hydrogens (primary N) is 1. The third kappa shape index (κ3) is 3.89. The molecular weight excluding hydrogens is 462 g/mol. The fraction of sp³-hybridized carbons (Fsp3) is 0.308. The Morgan fingerprint density at radius 2 is 1.74 bits per heavy atom. The van der Waals surface area contributed by atoms with Crippen LogP contribution in [0, 0.1) is 13.8 Å². The average molecular weight is 490 g/mol. The zero-order valence-electron chi connectivity index (χ0n) is 20.0. The number of carbonyl (C=O) groups excluding carboxylic acids is 3. The summed E-state index contributed by atoms with van der Waals surface area (Å²) in [6.07, 6.45) is 3.88. The Labute approximate surface area is 208 Å². The normalized spacial score (nSPS) is 15.6. The van der Waals surface area contributed by atoms with E-state index in [1.165, 1.54) is 0 Å². The van der Waals surface area contributed by atoms with E-state index in [2.05, 4.69) is 5.10 Å². The third-order valence-corrected chi connectivity index (χ3v) is 7.62. The molecule has 2 N–H and O–H groups in total. The highest BCUT2D eigenvalue weighted by molar-refractivity contribution is 7.98. The Morgan fingerprint density at radius 3 is 2.40 bits per heavy atom. The minimum absolute atomic E-state index is 0.130. The van der Waals surface area contributed by atoms with E-state index in [4.69, 9.17) is 5.73 Å². The molecule has 2 aliphatic heterocycles. The van der Waals surface area contributed by atoms with Crippen LogP contribution in [-0.2, 0) is 11.2 Å². The van der Waals surface area contributed by atoms with Crippen molar-refractivity contribution in [3.8, 4) is 5.69 Å². The summed E-state index contributed by atoms with van der Waals surface area (Å²) in [6.45, 7) is 5.10. The molecule has 2 aromatic carbocycles. The molecule has 1 aromatic heterocycles. The van der Waals surface area contributed by atoms with Gasteiger partial charge in [-0.05, 0) is 74.4 Å². The molecule has 0 bridgehead atoms. The molecule has 35 heavy (non-hydrogen) atoms. The van der Waals surface area contributed by atoms with Crippen molar-refractivity contribution in [2.24, 2.45) is 5.73 Å². The number of rotatable bonds is 5. The monoisotopic (exact) mass is 489 g/mol. The minimum atomic E-state index is -0.645. The molecule has 0 spiro atoms. The summed E-state index contributed by atoms with van der Waals surface area (Å²) in [7, 11) is 0. The lowest BCUT2D eigenvalue weighted by atomic mass is 10.0. The van der Waals surface area contributed by atoms with Gasteiger partial charge in [0.15, 0.2) is 5.69 Å². The first-order valence-electron chi connectivity index (χ1n) is 11.6. The number of hydrogen-bond donors (Lipinski definition) is 1. The first kappa shape index (κ1) is 23.2. The number of thioether (sulfide) groups is 1. The van der Waals surface area contributed by atoms with Gasteiger partial charge in [0.2, 0.25) is 5.91 Å². The average Bonchev–Trinajstić information content (AvgIpc) is 3.44. The second-order valence-corrected chi connectivity index (χ2v) is 9.78. The SMILES string of the molecule is CSc1cc(-n2nc(C(N)=O)c3c2C(=O)N(c2ccc(N4CCCC4=O)c(C)c2)CC3)ccc1C. The quantitative estimate of drug-likeness (QED) is 0.552. The third-order valence-electron chi connectivity index (χ3n) is 6.74. The number of benzene rings is 2. The highest BCUT2D eigenvalue weighted by Crippen LogP contribution is 2.33. The summed E-state index contributed by atoms with van der Waals surface area (Å²) in [5.41, 5.74) is 11.1. The van der Waals surface area contributed by atoms with Gasteiger partial charge in [-0.1, -0.05) is 6.07 Å². The van der Waals surface area contributed by atoms with Crippen LogP contribution in [0.1, 0.15) is 50.5 Å². The number of fused-ring (bicyclic) bond motifs is 1. The maximum Gasteiger partial charge on any atom is 0.277 e. The van der Waals surface area contributed by atoms with Crippen molar-refractivity contribution in [1.82, 2.24) is 9.78 Å². The van der Waals surface area contributed by atoms with E-state index in [0.717, 1.165) is 33.8 Å². The van der Waals surface area contributed by atoms with Crippen molar-refractivity contribution >= 4 is 40.9 Å². The molecule has 1 saturated heterocycles. The molecule has 0 saturated carbocycles. The summed E-state index contributed by atoms with van der Waals surface area (Å²) >= 11 is 1.61. The number of nitrogens with zero attached hydrogens (tertiary/aromatic N) is 4. The lowest BCUT2D eigenvalue weighted by Crippen LogP contribution is -2.39. The van der Waals surface area contributed by atoms with Crippen LogP contribution in [-0.4, -0.2) is 46.8 Å². The lowest BCUT2D eigenvalue weighted by molar-refractivity contribution is -0.117. The van der Waals surface area contributed by atoms with Crippen LogP contribution in [0.5, 0.6) is 0 Å². The molecule has 3 aromatic rings. The first-order chi connectivity index (χ1) is 16.8. The fourth-order valence-electron chi connectivity index (χ4n) is 4.94. The van der Waals surface area contributed by atoms with Crippen molar-refractivity contribution < 1.29 is 14.4 Å². The van der Waals surface area contributed by atoms with E-state index < -0.39 is 5.91 Å². The summed E-state index contributed by atoms with van der Waals surface area (Å²) in [4.78, 5) is 42.8. The molecule has 3 amide bonds. The van der Waals surface area contributed by atoms with Crippen LogP contribution in [0.3, 0.4) is 0 Å². The highest BCUT2D eigenvalue weighted by atomic mass is 32.2. The molecule has 9 heteroatoms. The predicted molar refractivity (Wildman–Crippen MR) is 137 cm³/mol. The molecular formula is C26H27N5O3S. The van der Waals surface area contributed by atoms with Crippen LogP contribution < -0.4 is 15.5 Å². The van der Waals surface area contributed by atoms with Gasteiger partial charge in [-0.15, -0.1) is 11.8 Å². The van der Waals surface area contributed by atoms with Crippen molar-refractivity contribution in [1.29, 1.82) is 0 Å². The Morgan fingerprint density at radius 1 is 0.971 bits per heavy atom. The number of amides is 3. The van der Waals surface area contributed by atoms with E-state index in [1.54, 1.807) is 21.3 Å². The van der Waals surface area contributed by atoms with Crippen LogP contribution in [0.25, 0.3) is 5.69 Å². The van der Waals surface area contributed by atoms with Crippen LogP contribution in [0.4, 0.5) is 11.4 Å². The second kappa shape index (κ2) is 8.88. The Bertz CT molecular complexity index is 1380. The van der Waals surface area contributed by atoms with Crippen molar-refractivity contribution in [3.05, 3.63) is 64.5 Å². The number of primary amides is 1. The van der Waals surface area contributed by atoms with Gasteiger partial charge in [0.05, 0.1) is 5.69 Å². The van der Waals surface area contributed by atoms with Gasteiger partial charge in [0.25, 0.3) is 11.8 Å². The first-order valence-corrected chi connectivity index (χ1v) is 12.8. The minimum Gasteiger partial charge on any atom is -0.364 e. The molecule has 0 radical (unpaired) electrons. The van der Waals surface area contributed by atoms with Crippen LogP contribution >= 0.6 is 11.8 Å². The van der Waals surface area contributed by atoms with E-state index in [-0.39, 0.29) is 17.5 Å². The number of aromatic nitrogens is 2. The zero-order valence-corrected chi connectivity index (χ0v) is 20.8. The van der Waals surface area contributed by atoms with Gasteiger partial charge in [-0.2, -0.15) is 5.10 Å². The number of hydrogen-bond acceptors (Lipinski definition) is 5. The van der Waals surface area contributed by atoms with E-state index in [1.807, 2.05) is 61.4 Å². The van der Waals surface area contributed by atoms with Crippen LogP contribution in [0.2, 0.25) is 0 Å². The molecule has 0 aliphatic carbocycles. The summed E-state index contributed by atoms with van der Waals surface area (Å²) in [5, 5.41) is 4.48. The molecule has 8 nitrogen and oxygen atoms in total. The zero-order chi connectivity index (χ0) is 24.9.